The number of nitrogens with one attached hydrogen (secondary N) is 1. The molecule has 2 N–H and O–H groups in total. The van der Waals surface area contributed by atoms with Crippen molar-refractivity contribution >= 4 is 28.6 Å². The summed E-state index contributed by atoms with van der Waals surface area (Å²) in [6, 6.07) is 13.3. The molecule has 25 heavy (non-hydrogen) atoms. The molecule has 0 atom stereocenters. The second kappa shape index (κ2) is 6.94. The fourth-order valence-corrected chi connectivity index (χ4v) is 3.26. The topological polar surface area (TPSA) is 65.5 Å². The summed E-state index contributed by atoms with van der Waals surface area (Å²) >= 11 is 1.56. The number of amides is 1. The summed E-state index contributed by atoms with van der Waals surface area (Å²) < 4.78 is 0. The number of aromatic nitrogens is 1. The molecule has 0 aliphatic carbocycles. The quantitative estimate of drug-likeness (QED) is 0.690. The SMILES string of the molecule is CC(=O)Nc1cc(-c2csc(-c3ccc(N(C)C)cc3)n2)ccc1O. The number of hydrogen-bond acceptors (Lipinski definition) is 5. The molecule has 5 nitrogen and oxygen atoms in total. The molecule has 6 heteroatoms. The van der Waals surface area contributed by atoms with Gasteiger partial charge >= 0.3 is 0 Å². The number of nitrogens with zero attached hydrogens (tertiary/aromatic N) is 2. The molecule has 0 fully saturated rings. The number of phenolic OH excluding ortho intramolecular Hbond substituents is 1. The van der Waals surface area contributed by atoms with Crippen LogP contribution in [0.4, 0.5) is 11.4 Å². The molecule has 1 amide bonds. The lowest BCUT2D eigenvalue weighted by molar-refractivity contribution is -0.114. The highest BCUT2D eigenvalue weighted by Crippen LogP contribution is 2.33. The van der Waals surface area contributed by atoms with E-state index >= 15 is 0 Å². The number of thiazole rings is 1. The Morgan fingerprint density at radius 1 is 1.12 bits per heavy atom. The highest BCUT2D eigenvalue weighted by atomic mass is 32.1. The first-order valence-corrected chi connectivity index (χ1v) is 8.66. The maximum absolute atomic E-state index is 11.2. The number of phenols is 1. The van der Waals surface area contributed by atoms with E-state index in [1.807, 2.05) is 19.5 Å². The van der Waals surface area contributed by atoms with E-state index in [1.165, 1.54) is 6.92 Å². The first-order valence-electron chi connectivity index (χ1n) is 7.78. The molecule has 3 aromatic rings. The molecule has 0 spiro atoms. The summed E-state index contributed by atoms with van der Waals surface area (Å²) in [5.74, 6) is -0.193. The number of benzene rings is 2. The minimum absolute atomic E-state index is 0.0358. The molecule has 0 saturated carbocycles. The number of anilines is 2. The van der Waals surface area contributed by atoms with Crippen LogP contribution in [0.3, 0.4) is 0 Å². The predicted octanol–water partition coefficient (Wildman–Crippen LogP) is 4.21. The van der Waals surface area contributed by atoms with Crippen LogP contribution in [0, 0.1) is 0 Å². The molecule has 0 saturated heterocycles. The summed E-state index contributed by atoms with van der Waals surface area (Å²) in [7, 11) is 4.02. The van der Waals surface area contributed by atoms with E-state index in [9.17, 15) is 9.90 Å². The van der Waals surface area contributed by atoms with Crippen molar-refractivity contribution in [3.63, 3.8) is 0 Å². The lowest BCUT2D eigenvalue weighted by Crippen LogP contribution is -2.07. The average molecular weight is 353 g/mol. The molecule has 0 aliphatic heterocycles. The number of hydrogen-bond donors (Lipinski definition) is 2. The van der Waals surface area contributed by atoms with Crippen molar-refractivity contribution in [3.05, 3.63) is 47.8 Å². The Hall–Kier alpha value is -2.86. The molecule has 1 heterocycles. The molecule has 0 unspecified atom stereocenters. The third kappa shape index (κ3) is 3.80. The monoisotopic (exact) mass is 353 g/mol. The van der Waals surface area contributed by atoms with Crippen molar-refractivity contribution in [1.82, 2.24) is 4.98 Å². The largest absolute Gasteiger partial charge is 0.506 e. The zero-order valence-corrected chi connectivity index (χ0v) is 15.1. The second-order valence-corrected chi connectivity index (χ2v) is 6.75. The van der Waals surface area contributed by atoms with E-state index in [2.05, 4.69) is 39.5 Å². The third-order valence-electron chi connectivity index (χ3n) is 3.74. The number of aromatic hydroxyl groups is 1. The van der Waals surface area contributed by atoms with Gasteiger partial charge in [0.25, 0.3) is 0 Å². The Labute approximate surface area is 150 Å². The zero-order chi connectivity index (χ0) is 18.0. The maximum Gasteiger partial charge on any atom is 0.221 e. The molecule has 0 aliphatic rings. The van der Waals surface area contributed by atoms with Gasteiger partial charge in [0.2, 0.25) is 5.91 Å². The van der Waals surface area contributed by atoms with Gasteiger partial charge < -0.3 is 15.3 Å². The van der Waals surface area contributed by atoms with Crippen LogP contribution in [0.5, 0.6) is 5.75 Å². The van der Waals surface area contributed by atoms with E-state index in [0.29, 0.717) is 5.69 Å². The van der Waals surface area contributed by atoms with E-state index < -0.39 is 0 Å². The van der Waals surface area contributed by atoms with Crippen molar-refractivity contribution in [1.29, 1.82) is 0 Å². The van der Waals surface area contributed by atoms with Crippen LogP contribution in [0.25, 0.3) is 21.8 Å². The van der Waals surface area contributed by atoms with E-state index in [-0.39, 0.29) is 11.7 Å². The highest BCUT2D eigenvalue weighted by molar-refractivity contribution is 7.13. The second-order valence-electron chi connectivity index (χ2n) is 5.89. The minimum Gasteiger partial charge on any atom is -0.506 e. The van der Waals surface area contributed by atoms with Gasteiger partial charge in [0.1, 0.15) is 10.8 Å². The van der Waals surface area contributed by atoms with E-state index in [4.69, 9.17) is 0 Å². The van der Waals surface area contributed by atoms with Crippen molar-refractivity contribution in [2.24, 2.45) is 0 Å². The molecular weight excluding hydrogens is 334 g/mol. The predicted molar refractivity (Wildman–Crippen MR) is 103 cm³/mol. The van der Waals surface area contributed by atoms with Gasteiger partial charge in [0.15, 0.2) is 0 Å². The highest BCUT2D eigenvalue weighted by Gasteiger charge is 2.10. The van der Waals surface area contributed by atoms with E-state index in [0.717, 1.165) is 27.5 Å². The maximum atomic E-state index is 11.2. The number of rotatable bonds is 4. The van der Waals surface area contributed by atoms with Crippen LogP contribution in [0.15, 0.2) is 47.8 Å². The number of carbonyl (C=O) groups is 1. The molecule has 3 rings (SSSR count). The lowest BCUT2D eigenvalue weighted by Gasteiger charge is -2.12. The van der Waals surface area contributed by atoms with Gasteiger partial charge in [-0.2, -0.15) is 0 Å². The molecule has 128 valence electrons. The van der Waals surface area contributed by atoms with Crippen molar-refractivity contribution in [3.8, 4) is 27.6 Å². The summed E-state index contributed by atoms with van der Waals surface area (Å²) in [6.45, 7) is 1.41. The van der Waals surface area contributed by atoms with Crippen LogP contribution in [-0.2, 0) is 4.79 Å². The van der Waals surface area contributed by atoms with Gasteiger partial charge in [0.05, 0.1) is 11.4 Å². The fraction of sp³-hybridized carbons (Fsp3) is 0.158. The number of carbonyl (C=O) groups excluding carboxylic acids is 1. The molecule has 0 bridgehead atoms. The van der Waals surface area contributed by atoms with Gasteiger partial charge in [-0.15, -0.1) is 11.3 Å². The Morgan fingerprint density at radius 3 is 2.44 bits per heavy atom. The Kier molecular flexibility index (Phi) is 4.72. The average Bonchev–Trinajstić information content (AvgIpc) is 3.06. The minimum atomic E-state index is -0.229. The van der Waals surface area contributed by atoms with Crippen LogP contribution in [0.2, 0.25) is 0 Å². The van der Waals surface area contributed by atoms with Gasteiger partial charge in [0, 0.05) is 43.2 Å². The van der Waals surface area contributed by atoms with Crippen LogP contribution < -0.4 is 10.2 Å². The van der Waals surface area contributed by atoms with Crippen molar-refractivity contribution in [2.45, 2.75) is 6.92 Å². The van der Waals surface area contributed by atoms with Crippen molar-refractivity contribution in [2.75, 3.05) is 24.3 Å². The first-order chi connectivity index (χ1) is 11.9. The van der Waals surface area contributed by atoms with Gasteiger partial charge in [-0.3, -0.25) is 4.79 Å². The summed E-state index contributed by atoms with van der Waals surface area (Å²) in [6.07, 6.45) is 0. The van der Waals surface area contributed by atoms with Crippen LogP contribution >= 0.6 is 11.3 Å². The van der Waals surface area contributed by atoms with Gasteiger partial charge in [-0.25, -0.2) is 4.98 Å². The molecule has 1 aromatic heterocycles. The van der Waals surface area contributed by atoms with Crippen LogP contribution in [0.1, 0.15) is 6.92 Å². The third-order valence-corrected chi connectivity index (χ3v) is 4.63. The summed E-state index contributed by atoms with van der Waals surface area (Å²) in [5, 5.41) is 15.4. The standard InChI is InChI=1S/C19H19N3O2S/c1-12(23)20-16-10-14(6-9-18(16)24)17-11-25-19(21-17)13-4-7-15(8-5-13)22(2)3/h4-11,24H,1-3H3,(H,20,23). The van der Waals surface area contributed by atoms with Gasteiger partial charge in [-0.05, 0) is 42.5 Å². The normalized spacial score (nSPS) is 10.5. The fourth-order valence-electron chi connectivity index (χ4n) is 2.43. The summed E-state index contributed by atoms with van der Waals surface area (Å²) in [5.41, 5.74) is 4.23. The first kappa shape index (κ1) is 17.0. The lowest BCUT2D eigenvalue weighted by atomic mass is 10.1. The molecule has 0 radical (unpaired) electrons. The van der Waals surface area contributed by atoms with Crippen molar-refractivity contribution < 1.29 is 9.90 Å². The Balaban J connectivity index is 1.89. The Morgan fingerprint density at radius 2 is 1.80 bits per heavy atom. The molecular formula is C19H19N3O2S. The van der Waals surface area contributed by atoms with E-state index in [1.54, 1.807) is 29.5 Å². The van der Waals surface area contributed by atoms with Gasteiger partial charge in [-0.1, -0.05) is 0 Å². The van der Waals surface area contributed by atoms with Crippen LogP contribution in [-0.4, -0.2) is 30.1 Å². The zero-order valence-electron chi connectivity index (χ0n) is 14.3. The molecule has 2 aromatic carbocycles. The Bertz CT molecular complexity index is 901. The smallest absolute Gasteiger partial charge is 0.221 e. The summed E-state index contributed by atoms with van der Waals surface area (Å²) in [4.78, 5) is 18.0.